The van der Waals surface area contributed by atoms with Crippen molar-refractivity contribution in [2.24, 2.45) is 0 Å². The smallest absolute Gasteiger partial charge is 0.143 e. The number of furan rings is 2. The lowest BCUT2D eigenvalue weighted by Crippen LogP contribution is -2.10. The fourth-order valence-electron chi connectivity index (χ4n) is 7.76. The standard InChI is InChI=1S/C46H27NO2S/c1-2-9-28(10-3-1)29-17-20-31(21-18-29)47(32-22-24-35-34-13-6-7-16-39(34)48-41(35)27-32)38-15-8-14-37-44-42(50-46(37)38)26-25-40-43(44)36-23-19-30-11-4-5-12-33(30)45(36)49-40/h1-27H. The zero-order chi connectivity index (χ0) is 32.8. The highest BCUT2D eigenvalue weighted by atomic mass is 32.1. The number of nitrogens with zero attached hydrogens (tertiary/aromatic N) is 1. The maximum Gasteiger partial charge on any atom is 0.143 e. The number of benzene rings is 8. The Hall–Kier alpha value is -6.36. The van der Waals surface area contributed by atoms with E-state index in [2.05, 4.69) is 157 Å². The third-order valence-electron chi connectivity index (χ3n) is 10.1. The van der Waals surface area contributed by atoms with E-state index in [0.717, 1.165) is 60.9 Å². The SMILES string of the molecule is c1ccc(-c2ccc(N(c3ccc4c(c3)oc3ccccc34)c3cccc4c3sc3ccc5oc6c7ccccc7ccc6c5c34)cc2)cc1. The topological polar surface area (TPSA) is 29.5 Å². The molecule has 0 fully saturated rings. The summed E-state index contributed by atoms with van der Waals surface area (Å²) in [5, 5.41) is 9.36. The van der Waals surface area contributed by atoms with Crippen molar-refractivity contribution in [3.05, 3.63) is 164 Å². The zero-order valence-electron chi connectivity index (χ0n) is 26.8. The number of anilines is 3. The van der Waals surface area contributed by atoms with Gasteiger partial charge in [0.25, 0.3) is 0 Å². The first-order valence-corrected chi connectivity index (χ1v) is 17.7. The van der Waals surface area contributed by atoms with Crippen molar-refractivity contribution in [1.29, 1.82) is 0 Å². The van der Waals surface area contributed by atoms with Crippen molar-refractivity contribution in [2.75, 3.05) is 4.90 Å². The number of para-hydroxylation sites is 1. The fourth-order valence-corrected chi connectivity index (χ4v) is 8.97. The summed E-state index contributed by atoms with van der Waals surface area (Å²) < 4.78 is 15.5. The van der Waals surface area contributed by atoms with Crippen LogP contribution >= 0.6 is 11.3 Å². The molecule has 0 amide bonds. The van der Waals surface area contributed by atoms with Gasteiger partial charge in [-0.15, -0.1) is 11.3 Å². The van der Waals surface area contributed by atoms with Crippen molar-refractivity contribution >= 4 is 103 Å². The lowest BCUT2D eigenvalue weighted by Gasteiger charge is -2.26. The van der Waals surface area contributed by atoms with Crippen LogP contribution in [-0.4, -0.2) is 0 Å². The minimum Gasteiger partial charge on any atom is -0.456 e. The second-order valence-electron chi connectivity index (χ2n) is 12.9. The molecule has 3 heterocycles. The minimum absolute atomic E-state index is 0.872. The average Bonchev–Trinajstić information content (AvgIpc) is 3.87. The Kier molecular flexibility index (Phi) is 5.83. The third kappa shape index (κ3) is 4.03. The number of hydrogen-bond donors (Lipinski definition) is 0. The highest BCUT2D eigenvalue weighted by molar-refractivity contribution is 7.26. The molecule has 0 N–H and O–H groups in total. The summed E-state index contributed by atoms with van der Waals surface area (Å²) in [5.41, 5.74) is 9.26. The van der Waals surface area contributed by atoms with Crippen molar-refractivity contribution < 1.29 is 8.83 Å². The molecule has 0 atom stereocenters. The van der Waals surface area contributed by atoms with Gasteiger partial charge in [-0.25, -0.2) is 0 Å². The molecule has 8 aromatic carbocycles. The zero-order valence-corrected chi connectivity index (χ0v) is 27.6. The van der Waals surface area contributed by atoms with E-state index in [1.807, 2.05) is 23.5 Å². The predicted molar refractivity (Wildman–Crippen MR) is 212 cm³/mol. The monoisotopic (exact) mass is 657 g/mol. The molecule has 0 saturated heterocycles. The lowest BCUT2D eigenvalue weighted by atomic mass is 10.0. The van der Waals surface area contributed by atoms with E-state index in [1.54, 1.807) is 0 Å². The molecule has 11 rings (SSSR count). The Morgan fingerprint density at radius 3 is 2.04 bits per heavy atom. The fraction of sp³-hybridized carbons (Fsp3) is 0. The molecule has 0 aliphatic heterocycles. The summed E-state index contributed by atoms with van der Waals surface area (Å²) >= 11 is 1.84. The molecule has 11 aromatic rings. The lowest BCUT2D eigenvalue weighted by molar-refractivity contribution is 0.669. The van der Waals surface area contributed by atoms with E-state index in [0.29, 0.717) is 0 Å². The van der Waals surface area contributed by atoms with Crippen molar-refractivity contribution in [3.8, 4) is 11.1 Å². The number of thiophene rings is 1. The van der Waals surface area contributed by atoms with Crippen LogP contribution in [0.3, 0.4) is 0 Å². The van der Waals surface area contributed by atoms with Gasteiger partial charge >= 0.3 is 0 Å². The van der Waals surface area contributed by atoms with Crippen LogP contribution in [0.5, 0.6) is 0 Å². The van der Waals surface area contributed by atoms with Crippen LogP contribution in [0.2, 0.25) is 0 Å². The largest absolute Gasteiger partial charge is 0.456 e. The van der Waals surface area contributed by atoms with Crippen molar-refractivity contribution in [1.82, 2.24) is 0 Å². The van der Waals surface area contributed by atoms with Crippen LogP contribution in [0.1, 0.15) is 0 Å². The van der Waals surface area contributed by atoms with Crippen LogP contribution in [0.4, 0.5) is 17.1 Å². The van der Waals surface area contributed by atoms with E-state index in [-0.39, 0.29) is 0 Å². The predicted octanol–water partition coefficient (Wildman–Crippen LogP) is 14.1. The minimum atomic E-state index is 0.872. The molecule has 0 unspecified atom stereocenters. The number of rotatable bonds is 4. The van der Waals surface area contributed by atoms with E-state index in [9.17, 15) is 0 Å². The molecule has 0 saturated carbocycles. The van der Waals surface area contributed by atoms with Gasteiger partial charge in [0.15, 0.2) is 0 Å². The first kappa shape index (κ1) is 27.6. The van der Waals surface area contributed by atoms with Gasteiger partial charge in [-0.3, -0.25) is 0 Å². The molecule has 0 radical (unpaired) electrons. The quantitative estimate of drug-likeness (QED) is 0.189. The second kappa shape index (κ2) is 10.6. The van der Waals surface area contributed by atoms with Gasteiger partial charge in [-0.05, 0) is 71.1 Å². The van der Waals surface area contributed by atoms with Gasteiger partial charge in [0.2, 0.25) is 0 Å². The second-order valence-corrected chi connectivity index (χ2v) is 13.9. The summed E-state index contributed by atoms with van der Waals surface area (Å²) in [6.45, 7) is 0. The number of hydrogen-bond acceptors (Lipinski definition) is 4. The summed E-state index contributed by atoms with van der Waals surface area (Å²) in [6, 6.07) is 58.2. The molecule has 0 aliphatic carbocycles. The molecule has 0 spiro atoms. The molecule has 4 heteroatoms. The average molecular weight is 658 g/mol. The summed E-state index contributed by atoms with van der Waals surface area (Å²) in [6.07, 6.45) is 0. The summed E-state index contributed by atoms with van der Waals surface area (Å²) in [4.78, 5) is 2.37. The van der Waals surface area contributed by atoms with Gasteiger partial charge in [0.1, 0.15) is 22.3 Å². The van der Waals surface area contributed by atoms with Gasteiger partial charge < -0.3 is 13.7 Å². The van der Waals surface area contributed by atoms with Crippen LogP contribution in [0.25, 0.3) is 85.9 Å². The molecule has 3 nitrogen and oxygen atoms in total. The Balaban J connectivity index is 1.16. The van der Waals surface area contributed by atoms with Gasteiger partial charge in [0, 0.05) is 59.8 Å². The molecule has 50 heavy (non-hydrogen) atoms. The normalized spacial score (nSPS) is 12.0. The highest BCUT2D eigenvalue weighted by Gasteiger charge is 2.22. The Bertz CT molecular complexity index is 3090. The first-order chi connectivity index (χ1) is 24.8. The Morgan fingerprint density at radius 2 is 1.14 bits per heavy atom. The van der Waals surface area contributed by atoms with Crippen LogP contribution in [-0.2, 0) is 0 Å². The summed E-state index contributed by atoms with van der Waals surface area (Å²) in [5.74, 6) is 0. The highest BCUT2D eigenvalue weighted by Crippen LogP contribution is 2.49. The van der Waals surface area contributed by atoms with E-state index >= 15 is 0 Å². The van der Waals surface area contributed by atoms with Crippen molar-refractivity contribution in [3.63, 3.8) is 0 Å². The van der Waals surface area contributed by atoms with Crippen LogP contribution in [0.15, 0.2) is 173 Å². The van der Waals surface area contributed by atoms with E-state index in [1.165, 1.54) is 42.1 Å². The van der Waals surface area contributed by atoms with E-state index in [4.69, 9.17) is 8.83 Å². The summed E-state index contributed by atoms with van der Waals surface area (Å²) in [7, 11) is 0. The molecule has 3 aromatic heterocycles. The van der Waals surface area contributed by atoms with Crippen LogP contribution < -0.4 is 4.90 Å². The molecule has 234 valence electrons. The van der Waals surface area contributed by atoms with Gasteiger partial charge in [0.05, 0.1) is 10.4 Å². The molecular formula is C46H27NO2S. The van der Waals surface area contributed by atoms with Gasteiger partial charge in [-0.2, -0.15) is 0 Å². The van der Waals surface area contributed by atoms with Crippen molar-refractivity contribution in [2.45, 2.75) is 0 Å². The maximum absolute atomic E-state index is 6.61. The maximum atomic E-state index is 6.61. The Labute approximate surface area is 290 Å². The molecule has 0 bridgehead atoms. The van der Waals surface area contributed by atoms with Gasteiger partial charge in [-0.1, -0.05) is 103 Å². The van der Waals surface area contributed by atoms with Crippen LogP contribution in [0, 0.1) is 0 Å². The molecule has 0 aliphatic rings. The Morgan fingerprint density at radius 1 is 0.420 bits per heavy atom. The molecular weight excluding hydrogens is 631 g/mol. The third-order valence-corrected chi connectivity index (χ3v) is 11.3. The number of fused-ring (bicyclic) bond motifs is 12. The van der Waals surface area contributed by atoms with E-state index < -0.39 is 0 Å². The first-order valence-electron chi connectivity index (χ1n) is 16.8.